The van der Waals surface area contributed by atoms with Crippen LogP contribution in [0, 0.1) is 5.82 Å². The van der Waals surface area contributed by atoms with Crippen molar-refractivity contribution >= 4 is 11.8 Å². The van der Waals surface area contributed by atoms with Crippen molar-refractivity contribution in [1.29, 1.82) is 0 Å². The first-order valence-electron chi connectivity index (χ1n) is 8.95. The Morgan fingerprint density at radius 2 is 1.85 bits per heavy atom. The number of likely N-dealkylation sites (N-methyl/N-ethyl adjacent to an activating group) is 1. The second kappa shape index (κ2) is 8.58. The van der Waals surface area contributed by atoms with Gasteiger partial charge in [0.05, 0.1) is 5.69 Å². The molecule has 0 atom stereocenters. The molecule has 1 aromatic rings. The number of benzene rings is 1. The van der Waals surface area contributed by atoms with Gasteiger partial charge in [0.25, 0.3) is 0 Å². The first kappa shape index (κ1) is 20.3. The molecule has 0 bridgehead atoms. The molecule has 0 unspecified atom stereocenters. The van der Waals surface area contributed by atoms with Crippen LogP contribution in [0.1, 0.15) is 20.8 Å². The molecule has 26 heavy (non-hydrogen) atoms. The van der Waals surface area contributed by atoms with Gasteiger partial charge in [0.1, 0.15) is 23.8 Å². The summed E-state index contributed by atoms with van der Waals surface area (Å²) in [7, 11) is 3.93. The Morgan fingerprint density at radius 3 is 2.42 bits per heavy atom. The molecule has 1 fully saturated rings. The summed E-state index contributed by atoms with van der Waals surface area (Å²) >= 11 is 0. The molecule has 0 aliphatic carbocycles. The molecule has 1 aliphatic heterocycles. The molecular formula is C19H30FN3O3. The van der Waals surface area contributed by atoms with Gasteiger partial charge in [-0.2, -0.15) is 0 Å². The molecule has 0 spiro atoms. The van der Waals surface area contributed by atoms with Gasteiger partial charge in [0.15, 0.2) is 0 Å². The summed E-state index contributed by atoms with van der Waals surface area (Å²) in [6, 6.07) is 4.60. The van der Waals surface area contributed by atoms with Crippen molar-refractivity contribution in [3.05, 3.63) is 24.0 Å². The summed E-state index contributed by atoms with van der Waals surface area (Å²) in [5.74, 6) is 0.221. The van der Waals surface area contributed by atoms with Crippen molar-refractivity contribution in [2.24, 2.45) is 0 Å². The topological polar surface area (TPSA) is 45.2 Å². The lowest BCUT2D eigenvalue weighted by atomic mass is 10.2. The summed E-state index contributed by atoms with van der Waals surface area (Å²) < 4.78 is 24.9. The molecule has 7 heteroatoms. The highest BCUT2D eigenvalue weighted by Crippen LogP contribution is 2.30. The SMILES string of the molecule is CN(C)CCOc1cc(F)ccc1N1CCN(C(=O)OC(C)(C)C)CC1. The number of nitrogens with zero attached hydrogens (tertiary/aromatic N) is 3. The number of hydrogen-bond donors (Lipinski definition) is 0. The number of hydrogen-bond acceptors (Lipinski definition) is 5. The van der Waals surface area contributed by atoms with Crippen LogP contribution in [0.5, 0.6) is 5.75 Å². The summed E-state index contributed by atoms with van der Waals surface area (Å²) in [5, 5.41) is 0. The Bertz CT molecular complexity index is 609. The predicted octanol–water partition coefficient (Wildman–Crippen LogP) is 2.82. The number of halogens is 1. The normalized spacial score (nSPS) is 15.3. The van der Waals surface area contributed by atoms with Crippen molar-refractivity contribution in [2.75, 3.05) is 58.3 Å². The Balaban J connectivity index is 1.99. The van der Waals surface area contributed by atoms with Gasteiger partial charge >= 0.3 is 6.09 Å². The van der Waals surface area contributed by atoms with Crippen LogP contribution >= 0.6 is 0 Å². The maximum Gasteiger partial charge on any atom is 0.410 e. The number of carbonyl (C=O) groups is 1. The maximum atomic E-state index is 13.6. The minimum Gasteiger partial charge on any atom is -0.490 e. The molecule has 6 nitrogen and oxygen atoms in total. The standard InChI is InChI=1S/C19H30FN3O3/c1-19(2,3)26-18(24)23-10-8-22(9-11-23)16-7-6-15(20)14-17(16)25-13-12-21(4)5/h6-7,14H,8-13H2,1-5H3. The molecule has 0 aromatic heterocycles. The Hall–Kier alpha value is -2.02. The highest BCUT2D eigenvalue weighted by atomic mass is 19.1. The number of amides is 1. The molecule has 0 saturated carbocycles. The summed E-state index contributed by atoms with van der Waals surface area (Å²) in [4.78, 5) is 18.0. The molecule has 2 rings (SSSR count). The largest absolute Gasteiger partial charge is 0.490 e. The minimum absolute atomic E-state index is 0.293. The van der Waals surface area contributed by atoms with E-state index in [-0.39, 0.29) is 11.9 Å². The summed E-state index contributed by atoms with van der Waals surface area (Å²) in [6.45, 7) is 9.23. The molecule has 0 radical (unpaired) electrons. The van der Waals surface area contributed by atoms with Gasteiger partial charge in [-0.15, -0.1) is 0 Å². The molecule has 1 amide bonds. The number of ether oxygens (including phenoxy) is 2. The molecule has 146 valence electrons. The van der Waals surface area contributed by atoms with Crippen LogP contribution < -0.4 is 9.64 Å². The summed E-state index contributed by atoms with van der Waals surface area (Å²) in [6.07, 6.45) is -0.293. The quantitative estimate of drug-likeness (QED) is 0.801. The van der Waals surface area contributed by atoms with E-state index in [2.05, 4.69) is 4.90 Å². The zero-order valence-electron chi connectivity index (χ0n) is 16.4. The second-order valence-electron chi connectivity index (χ2n) is 7.72. The second-order valence-corrected chi connectivity index (χ2v) is 7.72. The van der Waals surface area contributed by atoms with E-state index in [1.165, 1.54) is 12.1 Å². The fraction of sp³-hybridized carbons (Fsp3) is 0.632. The van der Waals surface area contributed by atoms with E-state index in [4.69, 9.17) is 9.47 Å². The fourth-order valence-electron chi connectivity index (χ4n) is 2.66. The van der Waals surface area contributed by atoms with Gasteiger partial charge in [-0.25, -0.2) is 9.18 Å². The van der Waals surface area contributed by atoms with Gasteiger partial charge < -0.3 is 24.2 Å². The van der Waals surface area contributed by atoms with Crippen molar-refractivity contribution in [1.82, 2.24) is 9.80 Å². The van der Waals surface area contributed by atoms with E-state index in [0.29, 0.717) is 38.5 Å². The van der Waals surface area contributed by atoms with E-state index in [9.17, 15) is 9.18 Å². The Kier molecular flexibility index (Phi) is 6.69. The van der Waals surface area contributed by atoms with Crippen molar-refractivity contribution in [3.8, 4) is 5.75 Å². The van der Waals surface area contributed by atoms with Gasteiger partial charge in [0.2, 0.25) is 0 Å². The van der Waals surface area contributed by atoms with Crippen molar-refractivity contribution < 1.29 is 18.7 Å². The van der Waals surface area contributed by atoms with Crippen LogP contribution in [0.2, 0.25) is 0 Å². The maximum absolute atomic E-state index is 13.6. The van der Waals surface area contributed by atoms with Crippen LogP contribution in [-0.2, 0) is 4.74 Å². The molecule has 0 N–H and O–H groups in total. The number of carbonyl (C=O) groups excluding carboxylic acids is 1. The number of piperazine rings is 1. The van der Waals surface area contributed by atoms with E-state index < -0.39 is 5.60 Å². The molecule has 1 aromatic carbocycles. The van der Waals surface area contributed by atoms with E-state index >= 15 is 0 Å². The number of rotatable bonds is 5. The van der Waals surface area contributed by atoms with Crippen LogP contribution in [0.4, 0.5) is 14.9 Å². The van der Waals surface area contributed by atoms with Gasteiger partial charge in [-0.05, 0) is 47.0 Å². The molecule has 1 aliphatic rings. The van der Waals surface area contributed by atoms with Gasteiger partial charge in [-0.1, -0.05) is 0 Å². The number of anilines is 1. The van der Waals surface area contributed by atoms with Gasteiger partial charge in [-0.3, -0.25) is 0 Å². The molecular weight excluding hydrogens is 337 g/mol. The first-order chi connectivity index (χ1) is 12.2. The van der Waals surface area contributed by atoms with Crippen molar-refractivity contribution in [2.45, 2.75) is 26.4 Å². The van der Waals surface area contributed by atoms with E-state index in [1.807, 2.05) is 39.8 Å². The minimum atomic E-state index is -0.501. The third-order valence-electron chi connectivity index (χ3n) is 3.99. The van der Waals surface area contributed by atoms with Gasteiger partial charge in [0, 0.05) is 38.8 Å². The lowest BCUT2D eigenvalue weighted by Gasteiger charge is -2.37. The van der Waals surface area contributed by atoms with Crippen LogP contribution in [0.25, 0.3) is 0 Å². The predicted molar refractivity (Wildman–Crippen MR) is 100 cm³/mol. The van der Waals surface area contributed by atoms with Crippen LogP contribution in [-0.4, -0.2) is 74.9 Å². The van der Waals surface area contributed by atoms with Crippen LogP contribution in [0.3, 0.4) is 0 Å². The highest BCUT2D eigenvalue weighted by molar-refractivity contribution is 5.69. The highest BCUT2D eigenvalue weighted by Gasteiger charge is 2.27. The molecule has 1 saturated heterocycles. The monoisotopic (exact) mass is 367 g/mol. The average Bonchev–Trinajstić information content (AvgIpc) is 2.53. The Labute approximate surface area is 155 Å². The summed E-state index contributed by atoms with van der Waals surface area (Å²) in [5.41, 5.74) is 0.354. The third kappa shape index (κ3) is 6.05. The zero-order valence-corrected chi connectivity index (χ0v) is 16.4. The molecule has 1 heterocycles. The van der Waals surface area contributed by atoms with Crippen molar-refractivity contribution in [3.63, 3.8) is 0 Å². The lowest BCUT2D eigenvalue weighted by molar-refractivity contribution is 0.0240. The lowest BCUT2D eigenvalue weighted by Crippen LogP contribution is -2.50. The fourth-order valence-corrected chi connectivity index (χ4v) is 2.66. The first-order valence-corrected chi connectivity index (χ1v) is 8.95. The van der Waals surface area contributed by atoms with E-state index in [1.54, 1.807) is 11.0 Å². The average molecular weight is 367 g/mol. The zero-order chi connectivity index (χ0) is 19.3. The third-order valence-corrected chi connectivity index (χ3v) is 3.99. The smallest absolute Gasteiger partial charge is 0.410 e. The van der Waals surface area contributed by atoms with E-state index in [0.717, 1.165) is 12.2 Å². The Morgan fingerprint density at radius 1 is 1.19 bits per heavy atom. The van der Waals surface area contributed by atoms with Crippen LogP contribution in [0.15, 0.2) is 18.2 Å².